The molecule has 0 saturated carbocycles. The molecule has 0 amide bonds. The van der Waals surface area contributed by atoms with E-state index in [1.54, 1.807) is 30.5 Å². The molecule has 2 rings (SSSR count). The van der Waals surface area contributed by atoms with Crippen molar-refractivity contribution >= 4 is 27.0 Å². The van der Waals surface area contributed by atoms with Crippen molar-refractivity contribution in [3.05, 3.63) is 40.7 Å². The number of sulfonamides is 1. The summed E-state index contributed by atoms with van der Waals surface area (Å²) in [5, 5.41) is 4.90. The molecule has 0 aliphatic rings. The third-order valence-electron chi connectivity index (χ3n) is 3.06. The molecule has 2 heterocycles. The molecule has 0 aliphatic heterocycles. The Morgan fingerprint density at radius 1 is 1.33 bits per heavy atom. The van der Waals surface area contributed by atoms with Gasteiger partial charge in [-0.25, -0.2) is 13.4 Å². The van der Waals surface area contributed by atoms with Crippen LogP contribution in [0.4, 0.5) is 5.69 Å². The Morgan fingerprint density at radius 3 is 2.67 bits per heavy atom. The topological polar surface area (TPSA) is 62.3 Å². The molecule has 0 aliphatic carbocycles. The Labute approximate surface area is 129 Å². The number of thiophene rings is 1. The minimum Gasteiger partial charge on any atom is -0.386 e. The lowest BCUT2D eigenvalue weighted by Crippen LogP contribution is -2.36. The van der Waals surface area contributed by atoms with Gasteiger partial charge in [-0.2, -0.15) is 4.31 Å². The maximum Gasteiger partial charge on any atom is 0.263 e. The molecule has 1 N–H and O–H groups in total. The van der Waals surface area contributed by atoms with Crippen molar-refractivity contribution < 1.29 is 8.42 Å². The predicted octanol–water partition coefficient (Wildman–Crippen LogP) is 2.78. The highest BCUT2D eigenvalue weighted by molar-refractivity contribution is 7.89. The first-order valence-corrected chi connectivity index (χ1v) is 8.95. The summed E-state index contributed by atoms with van der Waals surface area (Å²) in [6, 6.07) is 7.13. The average molecular weight is 325 g/mol. The van der Waals surface area contributed by atoms with Gasteiger partial charge in [-0.05, 0) is 37.4 Å². The third kappa shape index (κ3) is 3.42. The fourth-order valence-electron chi connectivity index (χ4n) is 2.00. The Balaban J connectivity index is 2.42. The van der Waals surface area contributed by atoms with E-state index in [-0.39, 0.29) is 11.1 Å². The van der Waals surface area contributed by atoms with Gasteiger partial charge in [0.1, 0.15) is 0 Å². The normalized spacial score (nSPS) is 12.0. The van der Waals surface area contributed by atoms with Gasteiger partial charge in [0.15, 0.2) is 5.03 Å². The quantitative estimate of drug-likeness (QED) is 0.887. The van der Waals surface area contributed by atoms with Gasteiger partial charge in [-0.15, -0.1) is 11.3 Å². The van der Waals surface area contributed by atoms with E-state index >= 15 is 0 Å². The Morgan fingerprint density at radius 2 is 2.10 bits per heavy atom. The number of nitrogens with one attached hydrogen (secondary N) is 1. The zero-order chi connectivity index (χ0) is 15.5. The van der Waals surface area contributed by atoms with Gasteiger partial charge in [0.25, 0.3) is 10.0 Å². The largest absolute Gasteiger partial charge is 0.386 e. The first kappa shape index (κ1) is 15.9. The van der Waals surface area contributed by atoms with Crippen LogP contribution in [0.15, 0.2) is 40.9 Å². The molecule has 0 fully saturated rings. The number of rotatable bonds is 6. The highest BCUT2D eigenvalue weighted by Crippen LogP contribution is 2.25. The molecule has 0 radical (unpaired) electrons. The maximum absolute atomic E-state index is 12.9. The molecular weight excluding hydrogens is 306 g/mol. The first-order chi connectivity index (χ1) is 9.96. The molecule has 114 valence electrons. The van der Waals surface area contributed by atoms with Crippen molar-refractivity contribution in [2.45, 2.75) is 31.5 Å². The molecule has 21 heavy (non-hydrogen) atoms. The Hall–Kier alpha value is -1.44. The summed E-state index contributed by atoms with van der Waals surface area (Å²) < 4.78 is 27.3. The number of aromatic nitrogens is 1. The van der Waals surface area contributed by atoms with Crippen molar-refractivity contribution in [2.24, 2.45) is 0 Å². The fourth-order valence-corrected chi connectivity index (χ4v) is 4.51. The van der Waals surface area contributed by atoms with Crippen LogP contribution in [-0.4, -0.2) is 30.8 Å². The van der Waals surface area contributed by atoms with Crippen LogP contribution in [0.1, 0.15) is 18.7 Å². The molecule has 0 spiro atoms. The molecule has 0 bridgehead atoms. The van der Waals surface area contributed by atoms with Crippen LogP contribution in [0, 0.1) is 0 Å². The summed E-state index contributed by atoms with van der Waals surface area (Å²) in [7, 11) is -1.96. The second-order valence-corrected chi connectivity index (χ2v) is 7.67. The van der Waals surface area contributed by atoms with Crippen LogP contribution in [0.25, 0.3) is 0 Å². The van der Waals surface area contributed by atoms with Gasteiger partial charge >= 0.3 is 0 Å². The van der Waals surface area contributed by atoms with Gasteiger partial charge in [0, 0.05) is 30.7 Å². The predicted molar refractivity (Wildman–Crippen MR) is 86.0 cm³/mol. The molecule has 5 nitrogen and oxygen atoms in total. The van der Waals surface area contributed by atoms with Crippen LogP contribution in [0.2, 0.25) is 0 Å². The number of anilines is 1. The van der Waals surface area contributed by atoms with Crippen LogP contribution in [0.3, 0.4) is 0 Å². The second-order valence-electron chi connectivity index (χ2n) is 4.83. The van der Waals surface area contributed by atoms with E-state index in [1.165, 1.54) is 10.5 Å². The summed E-state index contributed by atoms with van der Waals surface area (Å²) >= 11 is 1.55. The molecule has 7 heteroatoms. The van der Waals surface area contributed by atoms with E-state index in [2.05, 4.69) is 10.3 Å². The molecule has 2 aromatic heterocycles. The first-order valence-electron chi connectivity index (χ1n) is 6.64. The average Bonchev–Trinajstić information content (AvgIpc) is 2.97. The van der Waals surface area contributed by atoms with E-state index in [0.717, 1.165) is 4.88 Å². The van der Waals surface area contributed by atoms with Crippen molar-refractivity contribution in [3.8, 4) is 0 Å². The molecule has 0 unspecified atom stereocenters. The number of hydrogen-bond donors (Lipinski definition) is 1. The van der Waals surface area contributed by atoms with Gasteiger partial charge < -0.3 is 5.32 Å². The van der Waals surface area contributed by atoms with E-state index in [9.17, 15) is 8.42 Å². The van der Waals surface area contributed by atoms with Crippen molar-refractivity contribution in [1.82, 2.24) is 9.29 Å². The van der Waals surface area contributed by atoms with Crippen LogP contribution in [0.5, 0.6) is 0 Å². The lowest BCUT2D eigenvalue weighted by molar-refractivity contribution is 0.349. The minimum absolute atomic E-state index is 0.0674. The molecule has 0 saturated heterocycles. The zero-order valence-corrected chi connectivity index (χ0v) is 13.9. The fraction of sp³-hybridized carbons (Fsp3) is 0.357. The van der Waals surface area contributed by atoms with Crippen molar-refractivity contribution in [1.29, 1.82) is 0 Å². The minimum atomic E-state index is -3.65. The Bertz CT molecular complexity index is 682. The van der Waals surface area contributed by atoms with Crippen molar-refractivity contribution in [2.75, 3.05) is 12.4 Å². The lowest BCUT2D eigenvalue weighted by Gasteiger charge is -2.25. The highest BCUT2D eigenvalue weighted by atomic mass is 32.2. The van der Waals surface area contributed by atoms with Crippen LogP contribution in [-0.2, 0) is 16.6 Å². The van der Waals surface area contributed by atoms with E-state index < -0.39 is 10.0 Å². The monoisotopic (exact) mass is 325 g/mol. The SMILES string of the molecule is CNc1cccnc1S(=O)(=O)N(Cc1cccs1)C(C)C. The standard InChI is InChI=1S/C14H19N3O2S2/c1-11(2)17(10-12-6-5-9-20-12)21(18,19)14-13(15-3)7-4-8-16-14/h4-9,11,15H,10H2,1-3H3. The zero-order valence-electron chi connectivity index (χ0n) is 12.3. The molecule has 0 aromatic carbocycles. The third-order valence-corrected chi connectivity index (χ3v) is 5.90. The number of hydrogen-bond acceptors (Lipinski definition) is 5. The highest BCUT2D eigenvalue weighted by Gasteiger charge is 2.30. The van der Waals surface area contributed by atoms with Crippen molar-refractivity contribution in [3.63, 3.8) is 0 Å². The number of nitrogens with zero attached hydrogens (tertiary/aromatic N) is 2. The Kier molecular flexibility index (Phi) is 4.97. The second kappa shape index (κ2) is 6.55. The summed E-state index contributed by atoms with van der Waals surface area (Å²) in [6.07, 6.45) is 1.50. The maximum atomic E-state index is 12.9. The smallest absolute Gasteiger partial charge is 0.263 e. The molecule has 2 aromatic rings. The molecular formula is C14H19N3O2S2. The van der Waals surface area contributed by atoms with Gasteiger partial charge in [0.05, 0.1) is 5.69 Å². The van der Waals surface area contributed by atoms with Crippen LogP contribution < -0.4 is 5.32 Å². The van der Waals surface area contributed by atoms with Gasteiger partial charge in [-0.3, -0.25) is 0 Å². The lowest BCUT2D eigenvalue weighted by atomic mass is 10.4. The van der Waals surface area contributed by atoms with E-state index in [1.807, 2.05) is 31.4 Å². The molecule has 0 atom stereocenters. The summed E-state index contributed by atoms with van der Waals surface area (Å²) in [4.78, 5) is 5.07. The van der Waals surface area contributed by atoms with Gasteiger partial charge in [0.2, 0.25) is 0 Å². The van der Waals surface area contributed by atoms with Crippen LogP contribution >= 0.6 is 11.3 Å². The van der Waals surface area contributed by atoms with E-state index in [4.69, 9.17) is 0 Å². The van der Waals surface area contributed by atoms with E-state index in [0.29, 0.717) is 12.2 Å². The summed E-state index contributed by atoms with van der Waals surface area (Å²) in [5.74, 6) is 0. The van der Waals surface area contributed by atoms with Gasteiger partial charge in [-0.1, -0.05) is 6.07 Å². The summed E-state index contributed by atoms with van der Waals surface area (Å²) in [5.41, 5.74) is 0.509. The number of pyridine rings is 1. The summed E-state index contributed by atoms with van der Waals surface area (Å²) in [6.45, 7) is 4.09.